The van der Waals surface area contributed by atoms with E-state index in [0.29, 0.717) is 17.9 Å². The first kappa shape index (κ1) is 19.8. The normalized spacial score (nSPS) is 11.1. The number of nitrogens with zero attached hydrogens (tertiary/aromatic N) is 1. The Hall–Kier alpha value is -4.46. The van der Waals surface area contributed by atoms with E-state index in [1.165, 1.54) is 6.08 Å². The summed E-state index contributed by atoms with van der Waals surface area (Å²) >= 11 is 0. The number of ether oxygens (including phenoxy) is 1. The highest BCUT2D eigenvalue weighted by Gasteiger charge is 2.18. The number of benzene rings is 3. The molecule has 1 aromatic heterocycles. The number of rotatable bonds is 6. The summed E-state index contributed by atoms with van der Waals surface area (Å²) in [5, 5.41) is 13.4. The van der Waals surface area contributed by atoms with E-state index in [4.69, 9.17) is 4.74 Å². The third kappa shape index (κ3) is 4.43. The first-order valence-electron chi connectivity index (χ1n) is 9.40. The van der Waals surface area contributed by atoms with Crippen molar-refractivity contribution in [3.63, 3.8) is 0 Å². The topological polar surface area (TPSA) is 118 Å². The fourth-order valence-electron chi connectivity index (χ4n) is 3.21. The Bertz CT molecular complexity index is 1420. The maximum absolute atomic E-state index is 11.8. The molecule has 0 atom stereocenters. The average molecular weight is 415 g/mol. The molecule has 3 aromatic carbocycles. The van der Waals surface area contributed by atoms with Crippen molar-refractivity contribution in [3.8, 4) is 5.75 Å². The number of nitrogens with one attached hydrogen (secondary N) is 2. The first-order valence-corrected chi connectivity index (χ1v) is 9.40. The van der Waals surface area contributed by atoms with Gasteiger partial charge in [0.2, 0.25) is 0 Å². The van der Waals surface area contributed by atoms with Crippen LogP contribution in [0, 0.1) is 10.1 Å². The maximum atomic E-state index is 11.8. The Labute approximate surface area is 175 Å². The Kier molecular flexibility index (Phi) is 5.44. The van der Waals surface area contributed by atoms with Gasteiger partial charge in [-0.15, -0.1) is 0 Å². The van der Waals surface area contributed by atoms with E-state index in [0.717, 1.165) is 16.3 Å². The van der Waals surface area contributed by atoms with Crippen LogP contribution in [0.2, 0.25) is 0 Å². The number of para-hydroxylation sites is 1. The summed E-state index contributed by atoms with van der Waals surface area (Å²) in [5.74, 6) is 0.557. The minimum absolute atomic E-state index is 0.192. The molecule has 2 N–H and O–H groups in total. The lowest BCUT2D eigenvalue weighted by Gasteiger charge is -2.10. The second-order valence-electron chi connectivity index (χ2n) is 6.77. The Morgan fingerprint density at radius 1 is 0.903 bits per heavy atom. The van der Waals surface area contributed by atoms with Gasteiger partial charge in [0.15, 0.2) is 0 Å². The van der Waals surface area contributed by atoms with Gasteiger partial charge in [0.25, 0.3) is 0 Å². The molecule has 8 heteroatoms. The quantitative estimate of drug-likeness (QED) is 0.366. The van der Waals surface area contributed by atoms with Gasteiger partial charge in [-0.2, -0.15) is 0 Å². The highest BCUT2D eigenvalue weighted by atomic mass is 16.6. The van der Waals surface area contributed by atoms with Crippen LogP contribution in [-0.2, 0) is 6.61 Å². The van der Waals surface area contributed by atoms with Crippen LogP contribution in [0.4, 0.5) is 5.69 Å². The van der Waals surface area contributed by atoms with Crippen LogP contribution in [0.25, 0.3) is 22.9 Å². The zero-order chi connectivity index (χ0) is 21.8. The van der Waals surface area contributed by atoms with Crippen molar-refractivity contribution in [2.24, 2.45) is 0 Å². The lowest BCUT2D eigenvalue weighted by molar-refractivity contribution is -0.386. The summed E-state index contributed by atoms with van der Waals surface area (Å²) in [6.07, 6.45) is 2.86. The van der Waals surface area contributed by atoms with E-state index in [1.54, 1.807) is 24.3 Å². The van der Waals surface area contributed by atoms with Gasteiger partial charge in [-0.05, 0) is 40.6 Å². The van der Waals surface area contributed by atoms with Crippen molar-refractivity contribution in [3.05, 3.63) is 115 Å². The standard InChI is InChI=1S/C23H17N3O5/c27-22-21(26(29)30)19(24-23(28)25-22)12-11-17-6-3-4-8-20(17)31-14-15-9-10-16-5-1-2-7-18(16)13-15/h1-13H,14H2,(H2,24,25,27,28)/b12-11+. The van der Waals surface area contributed by atoms with Crippen molar-refractivity contribution >= 4 is 28.6 Å². The molecule has 0 aliphatic heterocycles. The molecule has 0 amide bonds. The SMILES string of the molecule is O=c1[nH]c(/C=C/c2ccccc2OCc2ccc3ccccc3c2)c([N+](=O)[O-])c(=O)[nH]1. The minimum atomic E-state index is -1.06. The summed E-state index contributed by atoms with van der Waals surface area (Å²) in [7, 11) is 0. The predicted octanol–water partition coefficient (Wildman–Crippen LogP) is 3.87. The monoisotopic (exact) mass is 415 g/mol. The van der Waals surface area contributed by atoms with E-state index in [2.05, 4.69) is 11.1 Å². The summed E-state index contributed by atoms with van der Waals surface area (Å²) in [6.45, 7) is 0.331. The zero-order valence-corrected chi connectivity index (χ0v) is 16.2. The van der Waals surface area contributed by atoms with Crippen LogP contribution in [0.15, 0.2) is 76.3 Å². The number of aromatic amines is 2. The van der Waals surface area contributed by atoms with Gasteiger partial charge in [0.05, 0.1) is 4.92 Å². The van der Waals surface area contributed by atoms with Crippen LogP contribution in [0.5, 0.6) is 5.75 Å². The highest BCUT2D eigenvalue weighted by molar-refractivity contribution is 5.83. The number of hydrogen-bond donors (Lipinski definition) is 2. The molecule has 0 fully saturated rings. The van der Waals surface area contributed by atoms with E-state index in [-0.39, 0.29) is 5.69 Å². The lowest BCUT2D eigenvalue weighted by atomic mass is 10.1. The van der Waals surface area contributed by atoms with Gasteiger partial charge < -0.3 is 9.72 Å². The molecule has 4 aromatic rings. The maximum Gasteiger partial charge on any atom is 0.357 e. The van der Waals surface area contributed by atoms with Crippen LogP contribution in [0.1, 0.15) is 16.8 Å². The van der Waals surface area contributed by atoms with Gasteiger partial charge in [0.1, 0.15) is 18.1 Å². The molecule has 0 aliphatic rings. The lowest BCUT2D eigenvalue weighted by Crippen LogP contribution is -2.25. The molecular formula is C23H17N3O5. The summed E-state index contributed by atoms with van der Waals surface area (Å²) < 4.78 is 5.96. The van der Waals surface area contributed by atoms with Crippen LogP contribution in [0.3, 0.4) is 0 Å². The predicted molar refractivity (Wildman–Crippen MR) is 118 cm³/mol. The van der Waals surface area contributed by atoms with Gasteiger partial charge in [-0.3, -0.25) is 19.9 Å². The van der Waals surface area contributed by atoms with Gasteiger partial charge >= 0.3 is 16.9 Å². The van der Waals surface area contributed by atoms with Gasteiger partial charge in [-0.1, -0.05) is 54.6 Å². The fraction of sp³-hybridized carbons (Fsp3) is 0.0435. The molecule has 1 heterocycles. The first-order chi connectivity index (χ1) is 15.0. The zero-order valence-electron chi connectivity index (χ0n) is 16.2. The number of H-pyrrole nitrogens is 2. The third-order valence-corrected chi connectivity index (χ3v) is 4.68. The Balaban J connectivity index is 1.60. The van der Waals surface area contributed by atoms with Crippen molar-refractivity contribution in [2.45, 2.75) is 6.61 Å². The summed E-state index contributed by atoms with van der Waals surface area (Å²) in [5.41, 5.74) is -1.18. The minimum Gasteiger partial charge on any atom is -0.488 e. The smallest absolute Gasteiger partial charge is 0.357 e. The molecular weight excluding hydrogens is 398 g/mol. The molecule has 0 aliphatic carbocycles. The van der Waals surface area contributed by atoms with Crippen molar-refractivity contribution in [1.29, 1.82) is 0 Å². The molecule has 0 saturated carbocycles. The van der Waals surface area contributed by atoms with Gasteiger partial charge in [-0.25, -0.2) is 4.79 Å². The fourth-order valence-corrected chi connectivity index (χ4v) is 3.21. The van der Waals surface area contributed by atoms with Crippen LogP contribution in [-0.4, -0.2) is 14.9 Å². The van der Waals surface area contributed by atoms with Gasteiger partial charge in [0, 0.05) is 5.56 Å². The van der Waals surface area contributed by atoms with E-state index in [1.807, 2.05) is 47.4 Å². The summed E-state index contributed by atoms with van der Waals surface area (Å²) in [6, 6.07) is 21.3. The molecule has 4 rings (SSSR count). The van der Waals surface area contributed by atoms with Crippen molar-refractivity contribution in [1.82, 2.24) is 9.97 Å². The number of nitro groups is 1. The molecule has 0 unspecified atom stereocenters. The second-order valence-corrected chi connectivity index (χ2v) is 6.77. The molecule has 31 heavy (non-hydrogen) atoms. The van der Waals surface area contributed by atoms with E-state index >= 15 is 0 Å². The largest absolute Gasteiger partial charge is 0.488 e. The van der Waals surface area contributed by atoms with Crippen molar-refractivity contribution in [2.75, 3.05) is 0 Å². The second kappa shape index (κ2) is 8.50. The summed E-state index contributed by atoms with van der Waals surface area (Å²) in [4.78, 5) is 37.8. The molecule has 0 saturated heterocycles. The Morgan fingerprint density at radius 2 is 1.65 bits per heavy atom. The number of hydrogen-bond acceptors (Lipinski definition) is 5. The average Bonchev–Trinajstić information content (AvgIpc) is 2.76. The van der Waals surface area contributed by atoms with E-state index < -0.39 is 21.9 Å². The van der Waals surface area contributed by atoms with Crippen LogP contribution < -0.4 is 16.0 Å². The Morgan fingerprint density at radius 3 is 2.45 bits per heavy atom. The number of aromatic nitrogens is 2. The molecule has 8 nitrogen and oxygen atoms in total. The molecule has 154 valence electrons. The molecule has 0 spiro atoms. The van der Waals surface area contributed by atoms with E-state index in [9.17, 15) is 19.7 Å². The number of fused-ring (bicyclic) bond motifs is 1. The van der Waals surface area contributed by atoms with Crippen LogP contribution >= 0.6 is 0 Å². The highest BCUT2D eigenvalue weighted by Crippen LogP contribution is 2.23. The third-order valence-electron chi connectivity index (χ3n) is 4.68. The molecule has 0 radical (unpaired) electrons. The van der Waals surface area contributed by atoms with Crippen molar-refractivity contribution < 1.29 is 9.66 Å². The molecule has 0 bridgehead atoms.